The molecule has 1 atom stereocenters. The molecule has 1 saturated carbocycles. The van der Waals surface area contributed by atoms with Crippen LogP contribution >= 0.6 is 0 Å². The van der Waals surface area contributed by atoms with Crippen molar-refractivity contribution in [3.8, 4) is 0 Å². The van der Waals surface area contributed by atoms with Crippen molar-refractivity contribution in [3.63, 3.8) is 0 Å². The topological polar surface area (TPSA) is 58.1 Å². The molecule has 1 aromatic rings. The number of hydrogen-bond acceptors (Lipinski definition) is 4. The predicted octanol–water partition coefficient (Wildman–Crippen LogP) is 0.721. The van der Waals surface area contributed by atoms with Crippen LogP contribution in [0.2, 0.25) is 0 Å². The summed E-state index contributed by atoms with van der Waals surface area (Å²) < 4.78 is 12.7. The molecule has 0 radical (unpaired) electrons. The van der Waals surface area contributed by atoms with Gasteiger partial charge in [0.1, 0.15) is 0 Å². The second-order valence-corrected chi connectivity index (χ2v) is 4.92. The highest BCUT2D eigenvalue weighted by molar-refractivity contribution is 5.80. The molecule has 1 aliphatic carbocycles. The summed E-state index contributed by atoms with van der Waals surface area (Å²) in [5.74, 6) is 0.181. The Bertz CT molecular complexity index is 446. The quantitative estimate of drug-likeness (QED) is 0.858. The second-order valence-electron chi connectivity index (χ2n) is 4.92. The van der Waals surface area contributed by atoms with Gasteiger partial charge in [0, 0.05) is 19.1 Å². The van der Waals surface area contributed by atoms with Gasteiger partial charge in [-0.15, -0.1) is 0 Å². The average molecular weight is 250 g/mol. The minimum atomic E-state index is -0.444. The van der Waals surface area contributed by atoms with Gasteiger partial charge in [-0.3, -0.25) is 4.79 Å². The fourth-order valence-electron chi connectivity index (χ4n) is 2.17. The lowest BCUT2D eigenvalue weighted by molar-refractivity contribution is -0.124. The first kappa shape index (κ1) is 11.4. The molecule has 1 N–H and O–H groups in total. The van der Waals surface area contributed by atoms with E-state index in [2.05, 4.69) is 15.3 Å². The van der Waals surface area contributed by atoms with E-state index in [1.54, 1.807) is 0 Å². The maximum atomic E-state index is 12.7. The molecular formula is C12H15FN4O. The molecule has 1 saturated heterocycles. The highest BCUT2D eigenvalue weighted by Crippen LogP contribution is 2.23. The van der Waals surface area contributed by atoms with Crippen LogP contribution in [0, 0.1) is 11.7 Å². The number of carbonyl (C=O) groups excluding carboxylic acids is 1. The number of amides is 1. The average Bonchev–Trinajstić information content (AvgIpc) is 3.04. The van der Waals surface area contributed by atoms with Gasteiger partial charge in [0.25, 0.3) is 0 Å². The van der Waals surface area contributed by atoms with E-state index < -0.39 is 5.82 Å². The minimum absolute atomic E-state index is 0.000692. The Morgan fingerprint density at radius 1 is 1.33 bits per heavy atom. The van der Waals surface area contributed by atoms with Crippen molar-refractivity contribution >= 4 is 11.9 Å². The SMILES string of the molecule is O=C(NC1CC1)C1CCN(c2ncc(F)cn2)C1. The van der Waals surface area contributed by atoms with Gasteiger partial charge in [-0.1, -0.05) is 0 Å². The van der Waals surface area contributed by atoms with Crippen LogP contribution in [0.15, 0.2) is 12.4 Å². The molecule has 6 heteroatoms. The third kappa shape index (κ3) is 2.42. The third-order valence-electron chi connectivity index (χ3n) is 3.37. The van der Waals surface area contributed by atoms with E-state index in [4.69, 9.17) is 0 Å². The molecule has 96 valence electrons. The van der Waals surface area contributed by atoms with Crippen LogP contribution in [0.1, 0.15) is 19.3 Å². The number of nitrogens with zero attached hydrogens (tertiary/aromatic N) is 3. The summed E-state index contributed by atoms with van der Waals surface area (Å²) in [4.78, 5) is 21.7. The Balaban J connectivity index is 1.60. The molecular weight excluding hydrogens is 235 g/mol. The number of hydrogen-bond donors (Lipinski definition) is 1. The van der Waals surface area contributed by atoms with Crippen molar-refractivity contribution < 1.29 is 9.18 Å². The highest BCUT2D eigenvalue weighted by Gasteiger charge is 2.32. The summed E-state index contributed by atoms with van der Waals surface area (Å²) in [6, 6.07) is 0.397. The van der Waals surface area contributed by atoms with Gasteiger partial charge in [0.05, 0.1) is 18.3 Å². The Kier molecular flexibility index (Phi) is 2.85. The summed E-state index contributed by atoms with van der Waals surface area (Å²) in [6.07, 6.45) is 5.31. The van der Waals surface area contributed by atoms with E-state index in [0.29, 0.717) is 18.5 Å². The lowest BCUT2D eigenvalue weighted by Gasteiger charge is -2.15. The van der Waals surface area contributed by atoms with Crippen LogP contribution in [0.3, 0.4) is 0 Å². The second kappa shape index (κ2) is 4.51. The minimum Gasteiger partial charge on any atom is -0.353 e. The maximum absolute atomic E-state index is 12.7. The van der Waals surface area contributed by atoms with Gasteiger partial charge in [-0.25, -0.2) is 14.4 Å². The van der Waals surface area contributed by atoms with Crippen LogP contribution in [0.25, 0.3) is 0 Å². The fourth-order valence-corrected chi connectivity index (χ4v) is 2.17. The van der Waals surface area contributed by atoms with Crippen LogP contribution in [-0.2, 0) is 4.79 Å². The van der Waals surface area contributed by atoms with Crippen molar-refractivity contribution in [2.45, 2.75) is 25.3 Å². The number of halogens is 1. The summed E-state index contributed by atoms with van der Waals surface area (Å²) in [5.41, 5.74) is 0. The lowest BCUT2D eigenvalue weighted by Crippen LogP contribution is -2.34. The van der Waals surface area contributed by atoms with E-state index in [9.17, 15) is 9.18 Å². The van der Waals surface area contributed by atoms with Gasteiger partial charge in [-0.05, 0) is 19.3 Å². The Labute approximate surface area is 104 Å². The molecule has 5 nitrogen and oxygen atoms in total. The molecule has 0 bridgehead atoms. The number of nitrogens with one attached hydrogen (secondary N) is 1. The number of carbonyl (C=O) groups is 1. The monoisotopic (exact) mass is 250 g/mol. The van der Waals surface area contributed by atoms with Crippen LogP contribution in [-0.4, -0.2) is 35.0 Å². The number of rotatable bonds is 3. The van der Waals surface area contributed by atoms with Gasteiger partial charge in [-0.2, -0.15) is 0 Å². The summed E-state index contributed by atoms with van der Waals surface area (Å²) in [6.45, 7) is 1.36. The highest BCUT2D eigenvalue weighted by atomic mass is 19.1. The first-order valence-corrected chi connectivity index (χ1v) is 6.25. The van der Waals surface area contributed by atoms with Crippen molar-refractivity contribution in [2.24, 2.45) is 5.92 Å². The van der Waals surface area contributed by atoms with E-state index in [0.717, 1.165) is 38.2 Å². The normalized spacial score (nSPS) is 23.2. The van der Waals surface area contributed by atoms with Crippen molar-refractivity contribution in [2.75, 3.05) is 18.0 Å². The molecule has 0 spiro atoms. The standard InChI is InChI=1S/C12H15FN4O/c13-9-5-14-12(15-6-9)17-4-3-8(7-17)11(18)16-10-1-2-10/h5-6,8,10H,1-4,7H2,(H,16,18). The smallest absolute Gasteiger partial charge is 0.225 e. The molecule has 1 aliphatic heterocycles. The van der Waals surface area contributed by atoms with Crippen molar-refractivity contribution in [3.05, 3.63) is 18.2 Å². The molecule has 0 aromatic carbocycles. The predicted molar refractivity (Wildman–Crippen MR) is 63.5 cm³/mol. The molecule has 2 aliphatic rings. The van der Waals surface area contributed by atoms with Crippen LogP contribution < -0.4 is 10.2 Å². The lowest BCUT2D eigenvalue weighted by atomic mass is 10.1. The van der Waals surface area contributed by atoms with Crippen LogP contribution in [0.5, 0.6) is 0 Å². The largest absolute Gasteiger partial charge is 0.353 e. The molecule has 1 unspecified atom stereocenters. The van der Waals surface area contributed by atoms with Crippen molar-refractivity contribution in [1.82, 2.24) is 15.3 Å². The molecule has 1 amide bonds. The molecule has 3 rings (SSSR count). The fraction of sp³-hybridized carbons (Fsp3) is 0.583. The van der Waals surface area contributed by atoms with Gasteiger partial charge in [0.15, 0.2) is 5.82 Å². The first-order chi connectivity index (χ1) is 8.72. The van der Waals surface area contributed by atoms with E-state index in [1.807, 2.05) is 4.90 Å². The molecule has 2 heterocycles. The Hall–Kier alpha value is -1.72. The summed E-state index contributed by atoms with van der Waals surface area (Å²) in [7, 11) is 0. The zero-order valence-corrected chi connectivity index (χ0v) is 9.97. The van der Waals surface area contributed by atoms with Gasteiger partial charge in [0.2, 0.25) is 11.9 Å². The summed E-state index contributed by atoms with van der Waals surface area (Å²) >= 11 is 0. The van der Waals surface area contributed by atoms with Gasteiger partial charge < -0.3 is 10.2 Å². The third-order valence-corrected chi connectivity index (χ3v) is 3.37. The molecule has 1 aromatic heterocycles. The van der Waals surface area contributed by atoms with Crippen molar-refractivity contribution in [1.29, 1.82) is 0 Å². The van der Waals surface area contributed by atoms with Crippen LogP contribution in [0.4, 0.5) is 10.3 Å². The Morgan fingerprint density at radius 3 is 2.72 bits per heavy atom. The summed E-state index contributed by atoms with van der Waals surface area (Å²) in [5, 5.41) is 3.01. The zero-order chi connectivity index (χ0) is 12.5. The van der Waals surface area contributed by atoms with Gasteiger partial charge >= 0.3 is 0 Å². The maximum Gasteiger partial charge on any atom is 0.225 e. The Morgan fingerprint density at radius 2 is 2.06 bits per heavy atom. The molecule has 18 heavy (non-hydrogen) atoms. The molecule has 2 fully saturated rings. The van der Waals surface area contributed by atoms with E-state index in [1.165, 1.54) is 0 Å². The number of anilines is 1. The van der Waals surface area contributed by atoms with E-state index in [-0.39, 0.29) is 11.8 Å². The van der Waals surface area contributed by atoms with E-state index >= 15 is 0 Å². The number of aromatic nitrogens is 2. The first-order valence-electron chi connectivity index (χ1n) is 6.25. The zero-order valence-electron chi connectivity index (χ0n) is 9.97.